The standard InChI is InChI=1S/C26H31ClN6O4S/c1-32(2)24(34)16-33-11-9-17-13-21(22(37-3)14-18(17)10-12-33)30-26-28-15-19(27)25(31-26)29-20-7-5-6-8-23(20)38(4,35)36/h5-8,13-15H,9-12,16H2,1-4H3,(H2,28,29,30,31). The van der Waals surface area contributed by atoms with Gasteiger partial charge in [0, 0.05) is 33.4 Å². The van der Waals surface area contributed by atoms with Crippen LogP contribution in [0, 0.1) is 0 Å². The summed E-state index contributed by atoms with van der Waals surface area (Å²) in [6, 6.07) is 10.6. The van der Waals surface area contributed by atoms with Gasteiger partial charge in [-0.2, -0.15) is 4.98 Å². The molecule has 12 heteroatoms. The summed E-state index contributed by atoms with van der Waals surface area (Å²) in [5, 5.41) is 6.47. The molecule has 1 aliphatic rings. The van der Waals surface area contributed by atoms with Gasteiger partial charge in [-0.1, -0.05) is 23.7 Å². The molecule has 10 nitrogen and oxygen atoms in total. The van der Waals surface area contributed by atoms with Gasteiger partial charge in [0.05, 0.1) is 36.1 Å². The maximum atomic E-state index is 12.2. The van der Waals surface area contributed by atoms with Crippen LogP contribution in [0.15, 0.2) is 47.5 Å². The Morgan fingerprint density at radius 2 is 1.79 bits per heavy atom. The third-order valence-corrected chi connectivity index (χ3v) is 7.74. The first kappa shape index (κ1) is 27.6. The molecular weight excluding hydrogens is 528 g/mol. The number of anilines is 4. The lowest BCUT2D eigenvalue weighted by molar-refractivity contribution is -0.129. The number of likely N-dealkylation sites (N-methyl/N-ethyl adjacent to an activating group) is 1. The maximum Gasteiger partial charge on any atom is 0.236 e. The third kappa shape index (κ3) is 6.53. The van der Waals surface area contributed by atoms with E-state index in [0.29, 0.717) is 23.7 Å². The number of ether oxygens (including phenoxy) is 1. The number of hydrogen-bond acceptors (Lipinski definition) is 9. The van der Waals surface area contributed by atoms with E-state index >= 15 is 0 Å². The number of amides is 1. The molecule has 38 heavy (non-hydrogen) atoms. The lowest BCUT2D eigenvalue weighted by atomic mass is 10.0. The van der Waals surface area contributed by atoms with Gasteiger partial charge in [0.15, 0.2) is 15.7 Å². The Hall–Kier alpha value is -3.41. The summed E-state index contributed by atoms with van der Waals surface area (Å²) in [6.45, 7) is 1.94. The summed E-state index contributed by atoms with van der Waals surface area (Å²) in [7, 11) is 1.67. The Labute approximate surface area is 227 Å². The van der Waals surface area contributed by atoms with Crippen LogP contribution < -0.4 is 15.4 Å². The zero-order valence-electron chi connectivity index (χ0n) is 21.8. The number of hydrogen-bond donors (Lipinski definition) is 2. The summed E-state index contributed by atoms with van der Waals surface area (Å²) in [5.74, 6) is 1.24. The smallest absolute Gasteiger partial charge is 0.236 e. The summed E-state index contributed by atoms with van der Waals surface area (Å²) in [6.07, 6.45) is 4.17. The van der Waals surface area contributed by atoms with Gasteiger partial charge in [-0.3, -0.25) is 9.69 Å². The van der Waals surface area contributed by atoms with Crippen molar-refractivity contribution in [2.75, 3.05) is 57.7 Å². The number of methoxy groups -OCH3 is 1. The SMILES string of the molecule is COc1cc2c(cc1Nc1ncc(Cl)c(Nc3ccccc3S(C)(=O)=O)n1)CCN(CC(=O)N(C)C)CC2. The van der Waals surface area contributed by atoms with E-state index in [9.17, 15) is 13.2 Å². The molecule has 1 aromatic heterocycles. The van der Waals surface area contributed by atoms with Gasteiger partial charge in [-0.05, 0) is 48.2 Å². The molecule has 0 fully saturated rings. The largest absolute Gasteiger partial charge is 0.495 e. The molecule has 1 amide bonds. The number of carbonyl (C=O) groups is 1. The maximum absolute atomic E-state index is 12.2. The fourth-order valence-electron chi connectivity index (χ4n) is 4.21. The Balaban J connectivity index is 1.57. The van der Waals surface area contributed by atoms with Gasteiger partial charge in [0.2, 0.25) is 11.9 Å². The van der Waals surface area contributed by atoms with Crippen molar-refractivity contribution in [3.8, 4) is 5.75 Å². The lowest BCUT2D eigenvalue weighted by Gasteiger charge is -2.21. The van der Waals surface area contributed by atoms with E-state index in [1.54, 1.807) is 44.3 Å². The summed E-state index contributed by atoms with van der Waals surface area (Å²) in [4.78, 5) is 24.9. The highest BCUT2D eigenvalue weighted by molar-refractivity contribution is 7.90. The topological polar surface area (TPSA) is 117 Å². The molecule has 2 aromatic carbocycles. The van der Waals surface area contributed by atoms with Crippen molar-refractivity contribution in [3.05, 3.63) is 58.7 Å². The number of nitrogens with zero attached hydrogens (tertiary/aromatic N) is 4. The normalized spacial score (nSPS) is 13.8. The van der Waals surface area contributed by atoms with Gasteiger partial charge in [0.25, 0.3) is 0 Å². The molecule has 2 heterocycles. The molecule has 2 N–H and O–H groups in total. The van der Waals surface area contributed by atoms with Crippen LogP contribution in [0.2, 0.25) is 5.02 Å². The number of carbonyl (C=O) groups excluding carboxylic acids is 1. The van der Waals surface area contributed by atoms with Crippen LogP contribution in [0.4, 0.5) is 23.1 Å². The summed E-state index contributed by atoms with van der Waals surface area (Å²) >= 11 is 6.34. The van der Waals surface area contributed by atoms with Gasteiger partial charge < -0.3 is 20.3 Å². The average Bonchev–Trinajstić information content (AvgIpc) is 3.07. The Morgan fingerprint density at radius 1 is 1.11 bits per heavy atom. The third-order valence-electron chi connectivity index (χ3n) is 6.30. The highest BCUT2D eigenvalue weighted by Crippen LogP contribution is 2.33. The number of fused-ring (bicyclic) bond motifs is 1. The molecule has 1 aliphatic heterocycles. The van der Waals surface area contributed by atoms with Crippen molar-refractivity contribution >= 4 is 50.5 Å². The average molecular weight is 559 g/mol. The highest BCUT2D eigenvalue weighted by atomic mass is 35.5. The molecule has 0 atom stereocenters. The molecule has 0 bridgehead atoms. The minimum Gasteiger partial charge on any atom is -0.495 e. The van der Waals surface area contributed by atoms with E-state index in [2.05, 4.69) is 25.5 Å². The minimum absolute atomic E-state index is 0.0827. The first-order chi connectivity index (χ1) is 18.0. The van der Waals surface area contributed by atoms with E-state index in [-0.39, 0.29) is 27.6 Å². The predicted molar refractivity (Wildman–Crippen MR) is 149 cm³/mol. The van der Waals surface area contributed by atoms with Crippen molar-refractivity contribution in [1.82, 2.24) is 19.8 Å². The number of sulfone groups is 1. The van der Waals surface area contributed by atoms with Gasteiger partial charge >= 0.3 is 0 Å². The molecule has 0 saturated heterocycles. The van der Waals surface area contributed by atoms with Crippen molar-refractivity contribution in [3.63, 3.8) is 0 Å². The number of nitrogens with one attached hydrogen (secondary N) is 2. The van der Waals surface area contributed by atoms with E-state index in [1.165, 1.54) is 17.8 Å². The number of para-hydroxylation sites is 1. The van der Waals surface area contributed by atoms with E-state index in [4.69, 9.17) is 16.3 Å². The van der Waals surface area contributed by atoms with Crippen LogP contribution in [0.3, 0.4) is 0 Å². The first-order valence-corrected chi connectivity index (χ1v) is 14.3. The molecule has 0 unspecified atom stereocenters. The van der Waals surface area contributed by atoms with Crippen molar-refractivity contribution in [1.29, 1.82) is 0 Å². The predicted octanol–water partition coefficient (Wildman–Crippen LogP) is 3.52. The highest BCUT2D eigenvalue weighted by Gasteiger charge is 2.20. The Morgan fingerprint density at radius 3 is 2.45 bits per heavy atom. The Kier molecular flexibility index (Phi) is 8.39. The van der Waals surface area contributed by atoms with Gasteiger partial charge in [-0.25, -0.2) is 13.4 Å². The molecule has 202 valence electrons. The minimum atomic E-state index is -3.47. The Bertz CT molecular complexity index is 1450. The van der Waals surface area contributed by atoms with Gasteiger partial charge in [-0.15, -0.1) is 0 Å². The molecule has 0 radical (unpaired) electrons. The lowest BCUT2D eigenvalue weighted by Crippen LogP contribution is -2.37. The molecule has 0 aliphatic carbocycles. The first-order valence-electron chi connectivity index (χ1n) is 12.0. The summed E-state index contributed by atoms with van der Waals surface area (Å²) in [5.41, 5.74) is 3.38. The summed E-state index contributed by atoms with van der Waals surface area (Å²) < 4.78 is 30.0. The molecule has 0 spiro atoms. The zero-order valence-corrected chi connectivity index (χ0v) is 23.4. The van der Waals surface area contributed by atoms with Gasteiger partial charge in [0.1, 0.15) is 10.8 Å². The second-order valence-electron chi connectivity index (χ2n) is 9.29. The zero-order chi connectivity index (χ0) is 27.4. The number of benzene rings is 2. The molecular formula is C26H31ClN6O4S. The monoisotopic (exact) mass is 558 g/mol. The quantitative estimate of drug-likeness (QED) is 0.428. The van der Waals surface area contributed by atoms with Crippen LogP contribution >= 0.6 is 11.6 Å². The fraction of sp³-hybridized carbons (Fsp3) is 0.346. The van der Waals surface area contributed by atoms with Crippen molar-refractivity contribution < 1.29 is 17.9 Å². The molecule has 4 rings (SSSR count). The molecule has 0 saturated carbocycles. The number of rotatable bonds is 8. The van der Waals surface area contributed by atoms with Crippen LogP contribution in [0.25, 0.3) is 0 Å². The van der Waals surface area contributed by atoms with Crippen LogP contribution in [0.1, 0.15) is 11.1 Å². The second-order valence-corrected chi connectivity index (χ2v) is 11.7. The van der Waals surface area contributed by atoms with Crippen molar-refractivity contribution in [2.24, 2.45) is 0 Å². The fourth-order valence-corrected chi connectivity index (χ4v) is 5.20. The van der Waals surface area contributed by atoms with Crippen LogP contribution in [-0.4, -0.2) is 81.2 Å². The van der Waals surface area contributed by atoms with Crippen LogP contribution in [0.5, 0.6) is 5.75 Å². The number of aromatic nitrogens is 2. The van der Waals surface area contributed by atoms with E-state index in [0.717, 1.165) is 37.8 Å². The van der Waals surface area contributed by atoms with E-state index < -0.39 is 9.84 Å². The molecule has 3 aromatic rings. The number of halogens is 1. The van der Waals surface area contributed by atoms with E-state index in [1.807, 2.05) is 12.1 Å². The second kappa shape index (κ2) is 11.5. The van der Waals surface area contributed by atoms with Crippen LogP contribution in [-0.2, 0) is 27.5 Å². The van der Waals surface area contributed by atoms with Crippen molar-refractivity contribution in [2.45, 2.75) is 17.7 Å².